The van der Waals surface area contributed by atoms with Gasteiger partial charge in [-0.1, -0.05) is 25.8 Å². The molecule has 18 heavy (non-hydrogen) atoms. The number of nitriles is 1. The van der Waals surface area contributed by atoms with Crippen molar-refractivity contribution in [3.63, 3.8) is 0 Å². The van der Waals surface area contributed by atoms with Crippen molar-refractivity contribution in [1.82, 2.24) is 0 Å². The second kappa shape index (κ2) is 6.00. The maximum absolute atomic E-state index is 13.9. The third-order valence-electron chi connectivity index (χ3n) is 4.11. The van der Waals surface area contributed by atoms with E-state index in [2.05, 4.69) is 6.92 Å². The fourth-order valence-electron chi connectivity index (χ4n) is 3.10. The average Bonchev–Trinajstić information content (AvgIpc) is 2.40. The Morgan fingerprint density at radius 3 is 2.56 bits per heavy atom. The Bertz CT molecular complexity index is 439. The second-order valence-corrected chi connectivity index (χ2v) is 5.35. The van der Waals surface area contributed by atoms with Crippen molar-refractivity contribution in [3.8, 4) is 6.07 Å². The van der Waals surface area contributed by atoms with Crippen LogP contribution in [0.4, 0.5) is 4.39 Å². The summed E-state index contributed by atoms with van der Waals surface area (Å²) in [4.78, 5) is 0. The molecule has 1 saturated carbocycles. The summed E-state index contributed by atoms with van der Waals surface area (Å²) in [5.74, 6) is 0.992. The van der Waals surface area contributed by atoms with Crippen LogP contribution in [0.1, 0.15) is 62.5 Å². The van der Waals surface area contributed by atoms with Gasteiger partial charge >= 0.3 is 0 Å². The van der Waals surface area contributed by atoms with Crippen molar-refractivity contribution < 1.29 is 4.39 Å². The normalized spacial score (nSPS) is 23.6. The number of hydrogen-bond acceptors (Lipinski definition) is 1. The molecule has 0 atom stereocenters. The molecular formula is C16H20FN. The predicted molar refractivity (Wildman–Crippen MR) is 70.7 cm³/mol. The van der Waals surface area contributed by atoms with Crippen LogP contribution in [-0.4, -0.2) is 0 Å². The van der Waals surface area contributed by atoms with Gasteiger partial charge in [-0.2, -0.15) is 5.26 Å². The van der Waals surface area contributed by atoms with E-state index in [0.29, 0.717) is 11.5 Å². The molecule has 2 heteroatoms. The quantitative estimate of drug-likeness (QED) is 0.752. The van der Waals surface area contributed by atoms with Crippen LogP contribution in [0.5, 0.6) is 0 Å². The monoisotopic (exact) mass is 245 g/mol. The van der Waals surface area contributed by atoms with Gasteiger partial charge in [0.15, 0.2) is 0 Å². The van der Waals surface area contributed by atoms with Gasteiger partial charge in [0.25, 0.3) is 0 Å². The second-order valence-electron chi connectivity index (χ2n) is 5.35. The van der Waals surface area contributed by atoms with E-state index in [1.807, 2.05) is 6.07 Å². The Kier molecular flexibility index (Phi) is 4.36. The highest BCUT2D eigenvalue weighted by Gasteiger charge is 2.23. The molecule has 0 saturated heterocycles. The number of benzene rings is 1. The first-order valence-electron chi connectivity index (χ1n) is 6.94. The SMILES string of the molecule is CCCC1CCC(c2ccc(C#N)cc2F)CC1. The summed E-state index contributed by atoms with van der Waals surface area (Å²) in [6.45, 7) is 2.23. The Hall–Kier alpha value is -1.36. The zero-order chi connectivity index (χ0) is 13.0. The van der Waals surface area contributed by atoms with Gasteiger partial charge in [-0.15, -0.1) is 0 Å². The van der Waals surface area contributed by atoms with E-state index in [1.54, 1.807) is 12.1 Å². The third-order valence-corrected chi connectivity index (χ3v) is 4.11. The minimum Gasteiger partial charge on any atom is -0.207 e. The molecule has 0 bridgehead atoms. The van der Waals surface area contributed by atoms with Crippen LogP contribution in [0.15, 0.2) is 18.2 Å². The highest BCUT2D eigenvalue weighted by molar-refractivity contribution is 5.34. The van der Waals surface area contributed by atoms with Gasteiger partial charge in [-0.25, -0.2) is 4.39 Å². The molecule has 0 spiro atoms. The smallest absolute Gasteiger partial charge is 0.127 e. The molecule has 0 amide bonds. The minimum absolute atomic E-state index is 0.201. The van der Waals surface area contributed by atoms with Crippen molar-refractivity contribution in [2.24, 2.45) is 5.92 Å². The maximum Gasteiger partial charge on any atom is 0.127 e. The summed E-state index contributed by atoms with van der Waals surface area (Å²) in [6.07, 6.45) is 7.18. The van der Waals surface area contributed by atoms with Crippen LogP contribution < -0.4 is 0 Å². The van der Waals surface area contributed by atoms with Crippen LogP contribution in [0, 0.1) is 23.1 Å². The van der Waals surface area contributed by atoms with Crippen molar-refractivity contribution >= 4 is 0 Å². The van der Waals surface area contributed by atoms with E-state index >= 15 is 0 Å². The van der Waals surface area contributed by atoms with Gasteiger partial charge in [-0.3, -0.25) is 0 Å². The minimum atomic E-state index is -0.201. The highest BCUT2D eigenvalue weighted by atomic mass is 19.1. The molecule has 1 aromatic carbocycles. The molecule has 0 radical (unpaired) electrons. The lowest BCUT2D eigenvalue weighted by Gasteiger charge is -2.28. The van der Waals surface area contributed by atoms with Gasteiger partial charge in [0, 0.05) is 0 Å². The van der Waals surface area contributed by atoms with Gasteiger partial charge in [0.05, 0.1) is 11.6 Å². The molecule has 1 aliphatic rings. The topological polar surface area (TPSA) is 23.8 Å². The zero-order valence-corrected chi connectivity index (χ0v) is 11.0. The molecule has 1 aliphatic carbocycles. The molecule has 0 unspecified atom stereocenters. The Labute approximate surface area is 109 Å². The standard InChI is InChI=1S/C16H20FN/c1-2-3-12-4-7-14(8-5-12)15-9-6-13(11-18)10-16(15)17/h6,9-10,12,14H,2-5,7-8H2,1H3. The summed E-state index contributed by atoms with van der Waals surface area (Å²) in [7, 11) is 0. The van der Waals surface area contributed by atoms with Crippen LogP contribution in [0.3, 0.4) is 0 Å². The number of halogens is 1. The van der Waals surface area contributed by atoms with Crippen molar-refractivity contribution in [2.75, 3.05) is 0 Å². The summed E-state index contributed by atoms with van der Waals surface area (Å²) in [5, 5.41) is 8.74. The first-order chi connectivity index (χ1) is 8.74. The number of nitrogens with zero attached hydrogens (tertiary/aromatic N) is 1. The third kappa shape index (κ3) is 2.90. The van der Waals surface area contributed by atoms with E-state index in [4.69, 9.17) is 5.26 Å². The lowest BCUT2D eigenvalue weighted by molar-refractivity contribution is 0.304. The fraction of sp³-hybridized carbons (Fsp3) is 0.562. The van der Waals surface area contributed by atoms with Crippen LogP contribution >= 0.6 is 0 Å². The molecule has 96 valence electrons. The molecule has 0 N–H and O–H groups in total. The summed E-state index contributed by atoms with van der Waals surface area (Å²) < 4.78 is 13.9. The summed E-state index contributed by atoms with van der Waals surface area (Å²) >= 11 is 0. The maximum atomic E-state index is 13.9. The molecule has 0 heterocycles. The van der Waals surface area contributed by atoms with E-state index in [-0.39, 0.29) is 5.82 Å². The van der Waals surface area contributed by atoms with Gasteiger partial charge in [0.2, 0.25) is 0 Å². The van der Waals surface area contributed by atoms with Crippen LogP contribution in [0.25, 0.3) is 0 Å². The van der Waals surface area contributed by atoms with E-state index < -0.39 is 0 Å². The van der Waals surface area contributed by atoms with Crippen LogP contribution in [0.2, 0.25) is 0 Å². The average molecular weight is 245 g/mol. The summed E-state index contributed by atoms with van der Waals surface area (Å²) in [6, 6.07) is 6.89. The van der Waals surface area contributed by atoms with E-state index in [1.165, 1.54) is 31.7 Å². The molecule has 1 nitrogen and oxygen atoms in total. The molecule has 0 aliphatic heterocycles. The Balaban J connectivity index is 2.04. The first-order valence-corrected chi connectivity index (χ1v) is 6.94. The largest absolute Gasteiger partial charge is 0.207 e. The Morgan fingerprint density at radius 1 is 1.28 bits per heavy atom. The van der Waals surface area contributed by atoms with Gasteiger partial charge in [0.1, 0.15) is 5.82 Å². The Morgan fingerprint density at radius 2 is 2.00 bits per heavy atom. The van der Waals surface area contributed by atoms with Crippen molar-refractivity contribution in [1.29, 1.82) is 5.26 Å². The first kappa shape index (κ1) is 13.1. The molecular weight excluding hydrogens is 225 g/mol. The van der Waals surface area contributed by atoms with Crippen molar-refractivity contribution in [2.45, 2.75) is 51.4 Å². The highest BCUT2D eigenvalue weighted by Crippen LogP contribution is 2.38. The lowest BCUT2D eigenvalue weighted by atomic mass is 9.77. The van der Waals surface area contributed by atoms with E-state index in [0.717, 1.165) is 24.3 Å². The van der Waals surface area contributed by atoms with Gasteiger partial charge < -0.3 is 0 Å². The van der Waals surface area contributed by atoms with E-state index in [9.17, 15) is 4.39 Å². The number of rotatable bonds is 3. The zero-order valence-electron chi connectivity index (χ0n) is 11.0. The van der Waals surface area contributed by atoms with Gasteiger partial charge in [-0.05, 0) is 55.2 Å². The molecule has 1 aromatic rings. The fourth-order valence-corrected chi connectivity index (χ4v) is 3.10. The molecule has 0 aromatic heterocycles. The van der Waals surface area contributed by atoms with Crippen LogP contribution in [-0.2, 0) is 0 Å². The molecule has 2 rings (SSSR count). The summed E-state index contributed by atoms with van der Waals surface area (Å²) in [5.41, 5.74) is 1.22. The predicted octanol–water partition coefficient (Wildman–Crippen LogP) is 4.77. The lowest BCUT2D eigenvalue weighted by Crippen LogP contribution is -2.14. The number of hydrogen-bond donors (Lipinski definition) is 0. The van der Waals surface area contributed by atoms with Crippen molar-refractivity contribution in [3.05, 3.63) is 35.1 Å². The molecule has 1 fully saturated rings.